The van der Waals surface area contributed by atoms with Gasteiger partial charge in [0.2, 0.25) is 11.5 Å². The number of nitrogens with one attached hydrogen (secondary N) is 1. The van der Waals surface area contributed by atoms with E-state index in [1.807, 2.05) is 0 Å². The van der Waals surface area contributed by atoms with Crippen LogP contribution in [0.25, 0.3) is 6.08 Å². The minimum Gasteiger partial charge on any atom is -0.493 e. The fraction of sp³-hybridized carbons (Fsp3) is 0.179. The van der Waals surface area contributed by atoms with Gasteiger partial charge in [0.1, 0.15) is 11.5 Å². The van der Waals surface area contributed by atoms with Gasteiger partial charge in [0.05, 0.1) is 26.9 Å². The van der Waals surface area contributed by atoms with Gasteiger partial charge in [0.15, 0.2) is 29.9 Å². The molecular weight excluding hydrogens is 494 g/mol. The Morgan fingerprint density at radius 2 is 1.71 bits per heavy atom. The number of benzene rings is 3. The van der Waals surface area contributed by atoms with Gasteiger partial charge in [-0.15, -0.1) is 0 Å². The van der Waals surface area contributed by atoms with Gasteiger partial charge < -0.3 is 34.1 Å². The molecule has 3 aromatic rings. The van der Waals surface area contributed by atoms with Crippen LogP contribution in [0.5, 0.6) is 28.7 Å². The summed E-state index contributed by atoms with van der Waals surface area (Å²) in [7, 11) is 4.46. The summed E-state index contributed by atoms with van der Waals surface area (Å²) in [6.45, 7) is -0.436. The molecule has 38 heavy (non-hydrogen) atoms. The molecular formula is C28H25NO9. The SMILES string of the molecule is COc1ccc(/C=C2\Oc3cc(OCC(=O)N[C@H](C(=O)O)c4ccccc4)ccc3C2=O)c(OC)c1OC. The van der Waals surface area contributed by atoms with E-state index < -0.39 is 24.5 Å². The summed E-state index contributed by atoms with van der Waals surface area (Å²) in [5.74, 6) is -0.358. The van der Waals surface area contributed by atoms with Gasteiger partial charge in [0, 0.05) is 11.6 Å². The number of allylic oxidation sites excluding steroid dienone is 1. The number of hydrogen-bond donors (Lipinski definition) is 2. The molecule has 1 atom stereocenters. The first-order valence-electron chi connectivity index (χ1n) is 11.4. The number of methoxy groups -OCH3 is 3. The predicted molar refractivity (Wildman–Crippen MR) is 136 cm³/mol. The number of ketones is 1. The Labute approximate surface area is 218 Å². The van der Waals surface area contributed by atoms with Crippen molar-refractivity contribution in [3.05, 3.63) is 83.1 Å². The highest BCUT2D eigenvalue weighted by atomic mass is 16.5. The third kappa shape index (κ3) is 5.39. The topological polar surface area (TPSA) is 130 Å². The molecule has 10 nitrogen and oxygen atoms in total. The smallest absolute Gasteiger partial charge is 0.330 e. The maximum Gasteiger partial charge on any atom is 0.330 e. The maximum absolute atomic E-state index is 12.9. The monoisotopic (exact) mass is 519 g/mol. The van der Waals surface area contributed by atoms with Crippen LogP contribution in [0.3, 0.4) is 0 Å². The lowest BCUT2D eigenvalue weighted by molar-refractivity contribution is -0.142. The number of carboxylic acid groups (broad SMARTS) is 1. The number of amides is 1. The molecule has 0 aromatic heterocycles. The Kier molecular flexibility index (Phi) is 7.81. The lowest BCUT2D eigenvalue weighted by atomic mass is 10.1. The molecule has 0 saturated heterocycles. The normalized spacial score (nSPS) is 13.8. The molecule has 4 rings (SSSR count). The first kappa shape index (κ1) is 26.1. The fourth-order valence-electron chi connectivity index (χ4n) is 3.92. The summed E-state index contributed by atoms with van der Waals surface area (Å²) in [4.78, 5) is 36.9. The van der Waals surface area contributed by atoms with E-state index in [-0.39, 0.29) is 23.0 Å². The van der Waals surface area contributed by atoms with Gasteiger partial charge in [0.25, 0.3) is 5.91 Å². The number of carboxylic acids is 1. The molecule has 1 heterocycles. The number of hydrogen-bond acceptors (Lipinski definition) is 8. The highest BCUT2D eigenvalue weighted by Crippen LogP contribution is 2.42. The van der Waals surface area contributed by atoms with Crippen LogP contribution >= 0.6 is 0 Å². The maximum atomic E-state index is 12.9. The van der Waals surface area contributed by atoms with Crippen molar-refractivity contribution >= 4 is 23.7 Å². The van der Waals surface area contributed by atoms with E-state index in [1.54, 1.807) is 42.5 Å². The van der Waals surface area contributed by atoms with Crippen LogP contribution < -0.4 is 29.0 Å². The van der Waals surface area contributed by atoms with E-state index in [1.165, 1.54) is 45.6 Å². The van der Waals surface area contributed by atoms with Crippen LogP contribution in [0.2, 0.25) is 0 Å². The molecule has 10 heteroatoms. The third-order valence-electron chi connectivity index (χ3n) is 5.72. The number of fused-ring (bicyclic) bond motifs is 1. The van der Waals surface area contributed by atoms with Crippen LogP contribution in [0.4, 0.5) is 0 Å². The molecule has 0 saturated carbocycles. The number of carbonyl (C=O) groups is 3. The molecule has 0 fully saturated rings. The molecule has 1 aliphatic heterocycles. The van der Waals surface area contributed by atoms with Crippen LogP contribution in [0.15, 0.2) is 66.4 Å². The first-order chi connectivity index (χ1) is 18.4. The molecule has 0 aliphatic carbocycles. The number of carbonyl (C=O) groups excluding carboxylic acids is 2. The van der Waals surface area contributed by atoms with Crippen LogP contribution in [-0.2, 0) is 9.59 Å². The average Bonchev–Trinajstić information content (AvgIpc) is 3.24. The van der Waals surface area contributed by atoms with Crippen molar-refractivity contribution in [3.8, 4) is 28.7 Å². The van der Waals surface area contributed by atoms with Crippen molar-refractivity contribution in [1.82, 2.24) is 5.32 Å². The second-order valence-corrected chi connectivity index (χ2v) is 8.06. The molecule has 1 amide bonds. The van der Waals surface area contributed by atoms with Gasteiger partial charge in [-0.1, -0.05) is 30.3 Å². The Balaban J connectivity index is 1.47. The van der Waals surface area contributed by atoms with Crippen molar-refractivity contribution < 1.29 is 43.2 Å². The van der Waals surface area contributed by atoms with Crippen LogP contribution in [0, 0.1) is 0 Å². The number of aliphatic carboxylic acids is 1. The van der Waals surface area contributed by atoms with Crippen molar-refractivity contribution in [1.29, 1.82) is 0 Å². The lowest BCUT2D eigenvalue weighted by Crippen LogP contribution is -2.36. The second kappa shape index (κ2) is 11.4. The highest BCUT2D eigenvalue weighted by molar-refractivity contribution is 6.14. The molecule has 0 radical (unpaired) electrons. The zero-order chi connectivity index (χ0) is 27.2. The van der Waals surface area contributed by atoms with Crippen LogP contribution in [0.1, 0.15) is 27.5 Å². The van der Waals surface area contributed by atoms with Crippen molar-refractivity contribution in [2.45, 2.75) is 6.04 Å². The average molecular weight is 520 g/mol. The molecule has 3 aromatic carbocycles. The molecule has 2 N–H and O–H groups in total. The Hall–Kier alpha value is -4.99. The molecule has 0 bridgehead atoms. The highest BCUT2D eigenvalue weighted by Gasteiger charge is 2.29. The number of rotatable bonds is 10. The summed E-state index contributed by atoms with van der Waals surface area (Å²) < 4.78 is 27.4. The van der Waals surface area contributed by atoms with E-state index in [2.05, 4.69) is 5.32 Å². The molecule has 1 aliphatic rings. The summed E-state index contributed by atoms with van der Waals surface area (Å²) in [5.41, 5.74) is 1.30. The van der Waals surface area contributed by atoms with E-state index >= 15 is 0 Å². The molecule has 0 spiro atoms. The van der Waals surface area contributed by atoms with Gasteiger partial charge in [-0.05, 0) is 35.9 Å². The van der Waals surface area contributed by atoms with Gasteiger partial charge in [-0.3, -0.25) is 9.59 Å². The van der Waals surface area contributed by atoms with Gasteiger partial charge >= 0.3 is 5.97 Å². The third-order valence-corrected chi connectivity index (χ3v) is 5.72. The zero-order valence-electron chi connectivity index (χ0n) is 20.8. The summed E-state index contributed by atoms with van der Waals surface area (Å²) in [5, 5.41) is 11.9. The van der Waals surface area contributed by atoms with Crippen molar-refractivity contribution in [3.63, 3.8) is 0 Å². The molecule has 0 unspecified atom stereocenters. The number of Topliss-reactive ketones (excluding diaryl/α,β-unsaturated/α-hetero) is 1. The van der Waals surface area contributed by atoms with E-state index in [4.69, 9.17) is 23.7 Å². The Morgan fingerprint density at radius 1 is 0.974 bits per heavy atom. The number of ether oxygens (including phenoxy) is 5. The van der Waals surface area contributed by atoms with E-state index in [0.717, 1.165) is 0 Å². The van der Waals surface area contributed by atoms with Crippen molar-refractivity contribution in [2.75, 3.05) is 27.9 Å². The second-order valence-electron chi connectivity index (χ2n) is 8.06. The van der Waals surface area contributed by atoms with E-state index in [9.17, 15) is 19.5 Å². The summed E-state index contributed by atoms with van der Waals surface area (Å²) in [6, 6.07) is 15.1. The van der Waals surface area contributed by atoms with Gasteiger partial charge in [-0.2, -0.15) is 0 Å². The van der Waals surface area contributed by atoms with Crippen LogP contribution in [-0.4, -0.2) is 50.7 Å². The largest absolute Gasteiger partial charge is 0.493 e. The Bertz CT molecular complexity index is 1400. The van der Waals surface area contributed by atoms with E-state index in [0.29, 0.717) is 33.9 Å². The minimum atomic E-state index is -1.21. The minimum absolute atomic E-state index is 0.0626. The first-order valence-corrected chi connectivity index (χ1v) is 11.4. The quantitative estimate of drug-likeness (QED) is 0.386. The molecule has 196 valence electrons. The predicted octanol–water partition coefficient (Wildman–Crippen LogP) is 3.65. The Morgan fingerprint density at radius 3 is 2.37 bits per heavy atom. The zero-order valence-corrected chi connectivity index (χ0v) is 20.8. The van der Waals surface area contributed by atoms with Gasteiger partial charge in [-0.25, -0.2) is 4.79 Å². The fourth-order valence-corrected chi connectivity index (χ4v) is 3.92. The summed E-state index contributed by atoms with van der Waals surface area (Å²) >= 11 is 0. The standard InChI is InChI=1S/C28H25NO9/c1-34-20-12-9-17(26(35-2)27(20)36-3)13-22-25(31)19-11-10-18(14-21(19)38-22)37-15-23(30)29-24(28(32)33)16-7-5-4-6-8-16/h4-14,24H,15H2,1-3H3,(H,29,30)(H,32,33)/b22-13-/t24-/m0/s1. The summed E-state index contributed by atoms with van der Waals surface area (Å²) in [6.07, 6.45) is 1.53. The van der Waals surface area contributed by atoms with Crippen molar-refractivity contribution in [2.24, 2.45) is 0 Å². The lowest BCUT2D eigenvalue weighted by Gasteiger charge is -2.15.